The number of nitrogens with one attached hydrogen (secondary N) is 2. The standard InChI is InChI=1S/C36H45F3N4O6/c37-20-27(41-34(47)48)22-6-8-23(9-7-22)32(45)42-17-12-26(21-4-2-1-3-5-21)30(42)31(44)40-25-10-11-28-24(18-25)19-29-33(46)49-36(43(28)29)15-13-35(38,39)14-16-36/h10-11,18-19,21-23,26-27,30,41H,1-9,12-17,20H2,(H,40,44)(H,47,48)/t22-,23-,26-,27+,30-/m0/s1. The van der Waals surface area contributed by atoms with Crippen molar-refractivity contribution < 1.29 is 42.2 Å². The maximum absolute atomic E-state index is 14.2. The van der Waals surface area contributed by atoms with Gasteiger partial charge in [-0.15, -0.1) is 0 Å². The molecular formula is C36H45F3N4O6. The van der Waals surface area contributed by atoms with Gasteiger partial charge in [-0.3, -0.25) is 14.2 Å². The van der Waals surface area contributed by atoms with Gasteiger partial charge in [-0.05, 0) is 74.1 Å². The summed E-state index contributed by atoms with van der Waals surface area (Å²) in [7, 11) is 0. The zero-order valence-corrected chi connectivity index (χ0v) is 27.6. The molecule has 3 aliphatic carbocycles. The minimum absolute atomic E-state index is 0.0202. The zero-order valence-electron chi connectivity index (χ0n) is 27.6. The van der Waals surface area contributed by atoms with Gasteiger partial charge in [-0.25, -0.2) is 22.8 Å². The Balaban J connectivity index is 1.09. The van der Waals surface area contributed by atoms with E-state index in [2.05, 4.69) is 10.6 Å². The average molecular weight is 687 g/mol. The van der Waals surface area contributed by atoms with E-state index in [9.17, 15) is 32.3 Å². The molecule has 13 heteroatoms. The Morgan fingerprint density at radius 2 is 1.67 bits per heavy atom. The zero-order chi connectivity index (χ0) is 34.5. The number of fused-ring (bicyclic) bond motifs is 4. The summed E-state index contributed by atoms with van der Waals surface area (Å²) in [5, 5.41) is 15.1. The third-order valence-electron chi connectivity index (χ3n) is 12.1. The smallest absolute Gasteiger partial charge is 0.404 e. The molecule has 2 aliphatic heterocycles. The number of esters is 1. The Bertz CT molecular complexity index is 1600. The van der Waals surface area contributed by atoms with Crippen LogP contribution in [-0.4, -0.2) is 69.7 Å². The minimum Gasteiger partial charge on any atom is -0.465 e. The summed E-state index contributed by atoms with van der Waals surface area (Å²) >= 11 is 0. The van der Waals surface area contributed by atoms with Crippen molar-refractivity contribution in [3.63, 3.8) is 0 Å². The van der Waals surface area contributed by atoms with E-state index in [1.807, 2.05) is 0 Å². The van der Waals surface area contributed by atoms with E-state index < -0.39 is 42.5 Å². The van der Waals surface area contributed by atoms with Gasteiger partial charge in [0.15, 0.2) is 5.72 Å². The lowest BCUT2D eigenvalue weighted by molar-refractivity contribution is -0.142. The van der Waals surface area contributed by atoms with Crippen molar-refractivity contribution >= 4 is 40.5 Å². The second kappa shape index (κ2) is 13.2. The third kappa shape index (κ3) is 6.38. The lowest BCUT2D eigenvalue weighted by atomic mass is 9.76. The Morgan fingerprint density at radius 1 is 0.959 bits per heavy atom. The van der Waals surface area contributed by atoms with Crippen LogP contribution in [0.25, 0.3) is 10.9 Å². The molecule has 5 aliphatic rings. The fourth-order valence-corrected chi connectivity index (χ4v) is 9.60. The van der Waals surface area contributed by atoms with Crippen LogP contribution in [0, 0.1) is 23.7 Å². The highest BCUT2D eigenvalue weighted by Gasteiger charge is 2.52. The van der Waals surface area contributed by atoms with E-state index in [-0.39, 0.29) is 55.3 Å². The summed E-state index contributed by atoms with van der Waals surface area (Å²) in [6.07, 6.45) is 6.29. The van der Waals surface area contributed by atoms with Crippen LogP contribution < -0.4 is 10.6 Å². The van der Waals surface area contributed by atoms with Crippen LogP contribution in [0.5, 0.6) is 0 Å². The number of alkyl halides is 3. The van der Waals surface area contributed by atoms with Crippen LogP contribution in [0.3, 0.4) is 0 Å². The van der Waals surface area contributed by atoms with E-state index in [0.29, 0.717) is 60.4 Å². The Kier molecular flexibility index (Phi) is 9.06. The molecule has 0 bridgehead atoms. The van der Waals surface area contributed by atoms with Gasteiger partial charge in [0.05, 0.1) is 11.6 Å². The average Bonchev–Trinajstić information content (AvgIpc) is 3.78. The number of amides is 3. The van der Waals surface area contributed by atoms with Crippen LogP contribution in [0.4, 0.5) is 23.7 Å². The number of aromatic nitrogens is 1. The van der Waals surface area contributed by atoms with E-state index in [4.69, 9.17) is 9.84 Å². The molecule has 3 amide bonds. The number of halogens is 3. The fraction of sp³-hybridized carbons (Fsp3) is 0.667. The maximum atomic E-state index is 14.2. The van der Waals surface area contributed by atoms with E-state index in [1.54, 1.807) is 33.7 Å². The summed E-state index contributed by atoms with van der Waals surface area (Å²) in [6.45, 7) is -0.311. The Hall–Kier alpha value is -3.77. The van der Waals surface area contributed by atoms with E-state index in [1.165, 1.54) is 6.42 Å². The molecule has 1 aromatic heterocycles. The molecule has 0 unspecified atom stereocenters. The number of rotatable bonds is 7. The van der Waals surface area contributed by atoms with E-state index in [0.717, 1.165) is 32.1 Å². The number of hydrogen-bond donors (Lipinski definition) is 3. The third-order valence-corrected chi connectivity index (χ3v) is 12.1. The number of likely N-dealkylation sites (tertiary alicyclic amines) is 1. The monoisotopic (exact) mass is 686 g/mol. The first-order chi connectivity index (χ1) is 23.5. The predicted octanol–water partition coefficient (Wildman–Crippen LogP) is 6.82. The van der Waals surface area contributed by atoms with Crippen LogP contribution in [0.1, 0.15) is 100 Å². The minimum atomic E-state index is -2.79. The second-order valence-electron chi connectivity index (χ2n) is 15.0. The lowest BCUT2D eigenvalue weighted by Gasteiger charge is -2.37. The van der Waals surface area contributed by atoms with Crippen molar-refractivity contribution in [1.29, 1.82) is 0 Å². The molecule has 266 valence electrons. The molecule has 4 fully saturated rings. The number of carboxylic acid groups (broad SMARTS) is 1. The molecule has 10 nitrogen and oxygen atoms in total. The summed E-state index contributed by atoms with van der Waals surface area (Å²) < 4.78 is 49.1. The first-order valence-corrected chi connectivity index (χ1v) is 17.9. The first kappa shape index (κ1) is 33.7. The quantitative estimate of drug-likeness (QED) is 0.274. The number of anilines is 1. The number of ether oxygens (including phenoxy) is 1. The van der Waals surface area contributed by atoms with Crippen LogP contribution in [0.15, 0.2) is 24.3 Å². The van der Waals surface area contributed by atoms with Gasteiger partial charge < -0.3 is 25.4 Å². The lowest BCUT2D eigenvalue weighted by Crippen LogP contribution is -2.50. The number of nitrogens with zero attached hydrogens (tertiary/aromatic N) is 2. The molecule has 1 spiro atoms. The van der Waals surface area contributed by atoms with Crippen molar-refractivity contribution in [2.24, 2.45) is 23.7 Å². The molecule has 49 heavy (non-hydrogen) atoms. The molecule has 1 saturated heterocycles. The van der Waals surface area contributed by atoms with Gasteiger partial charge in [0.1, 0.15) is 18.4 Å². The van der Waals surface area contributed by atoms with Gasteiger partial charge in [0.2, 0.25) is 17.7 Å². The van der Waals surface area contributed by atoms with Crippen molar-refractivity contribution in [3.05, 3.63) is 30.0 Å². The van der Waals surface area contributed by atoms with Crippen LogP contribution in [-0.2, 0) is 20.1 Å². The highest BCUT2D eigenvalue weighted by molar-refractivity contribution is 6.02. The number of carbonyl (C=O) groups excluding carboxylic acids is 3. The van der Waals surface area contributed by atoms with Gasteiger partial charge >= 0.3 is 12.1 Å². The van der Waals surface area contributed by atoms with Crippen molar-refractivity contribution in [2.75, 3.05) is 18.5 Å². The molecule has 3 atom stereocenters. The maximum Gasteiger partial charge on any atom is 0.404 e. The SMILES string of the molecule is O=C(O)N[C@H](CF)[C@H]1CC[C@H](C(=O)N2CC[C@@H](C3CCCCC3)[C@H]2C(=O)Nc2ccc3c(c2)cc2n3C3(CCC(F)(F)CC3)OC2=O)CC1. The predicted molar refractivity (Wildman–Crippen MR) is 174 cm³/mol. The topological polar surface area (TPSA) is 130 Å². The highest BCUT2D eigenvalue weighted by atomic mass is 19.3. The molecule has 2 aromatic rings. The molecule has 1 aromatic carbocycles. The molecular weight excluding hydrogens is 641 g/mol. The van der Waals surface area contributed by atoms with Gasteiger partial charge in [0.25, 0.3) is 0 Å². The van der Waals surface area contributed by atoms with Gasteiger partial charge in [-0.2, -0.15) is 0 Å². The summed E-state index contributed by atoms with van der Waals surface area (Å²) in [5.74, 6) is -3.79. The van der Waals surface area contributed by atoms with Crippen LogP contribution >= 0.6 is 0 Å². The molecule has 3 heterocycles. The van der Waals surface area contributed by atoms with Gasteiger partial charge in [0, 0.05) is 49.2 Å². The van der Waals surface area contributed by atoms with Crippen molar-refractivity contribution in [1.82, 2.24) is 14.8 Å². The number of benzene rings is 1. The largest absolute Gasteiger partial charge is 0.465 e. The second-order valence-corrected chi connectivity index (χ2v) is 15.0. The molecule has 3 saturated carbocycles. The Labute approximate surface area is 283 Å². The number of hydrogen-bond acceptors (Lipinski definition) is 5. The van der Waals surface area contributed by atoms with Crippen molar-refractivity contribution in [3.8, 4) is 0 Å². The molecule has 7 rings (SSSR count). The molecule has 3 N–H and O–H groups in total. The number of carbonyl (C=O) groups is 4. The normalized spacial score (nSPS) is 28.6. The molecule has 0 radical (unpaired) electrons. The highest BCUT2D eigenvalue weighted by Crippen LogP contribution is 2.49. The van der Waals surface area contributed by atoms with E-state index >= 15 is 0 Å². The van der Waals surface area contributed by atoms with Crippen LogP contribution in [0.2, 0.25) is 0 Å². The Morgan fingerprint density at radius 3 is 2.35 bits per heavy atom. The first-order valence-electron chi connectivity index (χ1n) is 17.9. The summed E-state index contributed by atoms with van der Waals surface area (Å²) in [5.41, 5.74) is 0.354. The fourth-order valence-electron chi connectivity index (χ4n) is 9.60. The van der Waals surface area contributed by atoms with Gasteiger partial charge in [-0.1, -0.05) is 32.1 Å². The van der Waals surface area contributed by atoms with Crippen molar-refractivity contribution in [2.45, 2.75) is 114 Å². The summed E-state index contributed by atoms with van der Waals surface area (Å²) in [6, 6.07) is 5.55. The summed E-state index contributed by atoms with van der Waals surface area (Å²) in [4.78, 5) is 54.0.